The van der Waals surface area contributed by atoms with Crippen molar-refractivity contribution >= 4 is 40.4 Å². The lowest BCUT2D eigenvalue weighted by Crippen LogP contribution is -2.44. The monoisotopic (exact) mass is 411 g/mol. The van der Waals surface area contributed by atoms with Gasteiger partial charge in [0.25, 0.3) is 5.91 Å². The number of amides is 3. The number of imide groups is 1. The first-order chi connectivity index (χ1) is 13.9. The van der Waals surface area contributed by atoms with E-state index >= 15 is 0 Å². The molecule has 1 unspecified atom stereocenters. The van der Waals surface area contributed by atoms with E-state index < -0.39 is 24.0 Å². The lowest BCUT2D eigenvalue weighted by Gasteiger charge is -2.13. The summed E-state index contributed by atoms with van der Waals surface area (Å²) < 4.78 is 5.16. The number of hydrogen-bond donors (Lipinski definition) is 2. The predicted molar refractivity (Wildman–Crippen MR) is 108 cm³/mol. The van der Waals surface area contributed by atoms with Gasteiger partial charge in [0.2, 0.25) is 0 Å². The second-order valence-electron chi connectivity index (χ2n) is 6.25. The van der Waals surface area contributed by atoms with E-state index in [0.717, 1.165) is 5.56 Å². The van der Waals surface area contributed by atoms with E-state index in [4.69, 9.17) is 16.3 Å². The van der Waals surface area contributed by atoms with E-state index in [2.05, 4.69) is 15.6 Å². The third-order valence-corrected chi connectivity index (χ3v) is 4.29. The Balaban J connectivity index is 1.54. The highest BCUT2D eigenvalue weighted by Crippen LogP contribution is 2.18. The molecular formula is C21H18ClN3O4. The highest BCUT2D eigenvalue weighted by Gasteiger charge is 2.21. The number of hydrogen-bond acceptors (Lipinski definition) is 5. The second kappa shape index (κ2) is 9.16. The first-order valence-corrected chi connectivity index (χ1v) is 9.20. The first-order valence-electron chi connectivity index (χ1n) is 8.82. The number of carbonyl (C=O) groups excluding carboxylic acids is 3. The molecule has 7 nitrogen and oxygen atoms in total. The highest BCUT2D eigenvalue weighted by molar-refractivity contribution is 6.29. The van der Waals surface area contributed by atoms with Crippen molar-refractivity contribution in [1.29, 1.82) is 0 Å². The number of rotatable bonds is 5. The summed E-state index contributed by atoms with van der Waals surface area (Å²) in [5.41, 5.74) is 1.78. The van der Waals surface area contributed by atoms with Gasteiger partial charge >= 0.3 is 12.0 Å². The zero-order valence-corrected chi connectivity index (χ0v) is 16.3. The zero-order chi connectivity index (χ0) is 20.8. The molecule has 0 aliphatic heterocycles. The number of benzene rings is 2. The Bertz CT molecular complexity index is 1060. The molecular weight excluding hydrogens is 394 g/mol. The summed E-state index contributed by atoms with van der Waals surface area (Å²) in [4.78, 5) is 40.4. The molecule has 3 aromatic rings. The molecule has 0 aliphatic rings. The Hall–Kier alpha value is -3.45. The molecule has 1 heterocycles. The van der Waals surface area contributed by atoms with Crippen molar-refractivity contribution in [1.82, 2.24) is 15.6 Å². The van der Waals surface area contributed by atoms with E-state index in [0.29, 0.717) is 16.1 Å². The van der Waals surface area contributed by atoms with Gasteiger partial charge in [-0.1, -0.05) is 41.9 Å². The number of ether oxygens (including phenoxy) is 1. The summed E-state index contributed by atoms with van der Waals surface area (Å²) in [5, 5.41) is 5.78. The fraction of sp³-hybridized carbons (Fsp3) is 0.143. The van der Waals surface area contributed by atoms with Gasteiger partial charge in [-0.15, -0.1) is 0 Å². The molecule has 0 aliphatic carbocycles. The van der Waals surface area contributed by atoms with Crippen molar-refractivity contribution in [3.63, 3.8) is 0 Å². The number of aromatic nitrogens is 1. The summed E-state index contributed by atoms with van der Waals surface area (Å²) >= 11 is 5.84. The van der Waals surface area contributed by atoms with E-state index in [1.54, 1.807) is 24.3 Å². The summed E-state index contributed by atoms with van der Waals surface area (Å²) in [6, 6.07) is 16.7. The quantitative estimate of drug-likeness (QED) is 0.495. The number of fused-ring (bicyclic) bond motifs is 1. The van der Waals surface area contributed by atoms with Crippen LogP contribution < -0.4 is 10.6 Å². The number of urea groups is 1. The Morgan fingerprint density at radius 2 is 1.83 bits per heavy atom. The van der Waals surface area contributed by atoms with Crippen LogP contribution in [0.1, 0.15) is 22.8 Å². The van der Waals surface area contributed by atoms with E-state index in [-0.39, 0.29) is 12.1 Å². The number of nitrogens with one attached hydrogen (secondary N) is 2. The Morgan fingerprint density at radius 1 is 1.07 bits per heavy atom. The lowest BCUT2D eigenvalue weighted by atomic mass is 10.1. The van der Waals surface area contributed by atoms with Crippen LogP contribution in [-0.2, 0) is 16.1 Å². The maximum absolute atomic E-state index is 12.3. The van der Waals surface area contributed by atoms with Crippen LogP contribution >= 0.6 is 11.6 Å². The molecule has 29 heavy (non-hydrogen) atoms. The van der Waals surface area contributed by atoms with Gasteiger partial charge in [0.15, 0.2) is 6.10 Å². The topological polar surface area (TPSA) is 97.4 Å². The van der Waals surface area contributed by atoms with Crippen molar-refractivity contribution in [2.45, 2.75) is 19.6 Å². The van der Waals surface area contributed by atoms with Crippen molar-refractivity contribution < 1.29 is 19.1 Å². The Kier molecular flexibility index (Phi) is 6.41. The lowest BCUT2D eigenvalue weighted by molar-refractivity contribution is -0.127. The molecule has 8 heteroatoms. The van der Waals surface area contributed by atoms with Crippen LogP contribution in [0.2, 0.25) is 5.15 Å². The van der Waals surface area contributed by atoms with Crippen LogP contribution in [0.5, 0.6) is 0 Å². The van der Waals surface area contributed by atoms with Gasteiger partial charge in [-0.25, -0.2) is 14.6 Å². The normalized spacial score (nSPS) is 11.5. The molecule has 0 saturated heterocycles. The number of carbonyl (C=O) groups is 3. The maximum atomic E-state index is 12.3. The molecule has 1 atom stereocenters. The van der Waals surface area contributed by atoms with E-state index in [1.807, 2.05) is 30.3 Å². The largest absolute Gasteiger partial charge is 0.449 e. The van der Waals surface area contributed by atoms with Crippen molar-refractivity contribution in [2.24, 2.45) is 0 Å². The molecule has 0 spiro atoms. The van der Waals surface area contributed by atoms with Crippen LogP contribution in [0.25, 0.3) is 10.9 Å². The average Bonchev–Trinajstić information content (AvgIpc) is 2.72. The fourth-order valence-electron chi connectivity index (χ4n) is 2.55. The molecule has 0 bridgehead atoms. The van der Waals surface area contributed by atoms with Gasteiger partial charge in [0, 0.05) is 11.9 Å². The second-order valence-corrected chi connectivity index (χ2v) is 6.63. The minimum absolute atomic E-state index is 0.259. The van der Waals surface area contributed by atoms with Crippen molar-refractivity contribution in [2.75, 3.05) is 0 Å². The molecule has 0 saturated carbocycles. The van der Waals surface area contributed by atoms with Crippen molar-refractivity contribution in [3.8, 4) is 0 Å². The van der Waals surface area contributed by atoms with E-state index in [9.17, 15) is 14.4 Å². The SMILES string of the molecule is CC(OC(=O)c1ccc2nc(Cl)ccc2c1)C(=O)NC(=O)NCc1ccccc1. The van der Waals surface area contributed by atoms with Gasteiger partial charge in [0.05, 0.1) is 11.1 Å². The van der Waals surface area contributed by atoms with Crippen LogP contribution in [0.15, 0.2) is 60.7 Å². The minimum atomic E-state index is -1.15. The summed E-state index contributed by atoms with van der Waals surface area (Å²) in [6.45, 7) is 1.66. The smallest absolute Gasteiger partial charge is 0.338 e. The Labute approximate surface area is 172 Å². The number of esters is 1. The summed E-state index contributed by atoms with van der Waals surface area (Å²) in [7, 11) is 0. The standard InChI is InChI=1S/C21H18ClN3O4/c1-13(19(26)25-21(28)23-12-14-5-3-2-4-6-14)29-20(27)16-7-9-17-15(11-16)8-10-18(22)24-17/h2-11,13H,12H2,1H3,(H2,23,25,26,28). The summed E-state index contributed by atoms with van der Waals surface area (Å²) in [5.74, 6) is -1.41. The average molecular weight is 412 g/mol. The molecule has 2 N–H and O–H groups in total. The van der Waals surface area contributed by atoms with E-state index in [1.165, 1.54) is 13.0 Å². The summed E-state index contributed by atoms with van der Waals surface area (Å²) in [6.07, 6.45) is -1.15. The predicted octanol–water partition coefficient (Wildman–Crippen LogP) is 3.46. The van der Waals surface area contributed by atoms with Gasteiger partial charge in [-0.3, -0.25) is 10.1 Å². The van der Waals surface area contributed by atoms with Gasteiger partial charge < -0.3 is 10.1 Å². The van der Waals surface area contributed by atoms with Gasteiger partial charge in [-0.2, -0.15) is 0 Å². The van der Waals surface area contributed by atoms with Crippen LogP contribution in [0.4, 0.5) is 4.79 Å². The molecule has 1 aromatic heterocycles. The molecule has 3 amide bonds. The molecule has 2 aromatic carbocycles. The van der Waals surface area contributed by atoms with Gasteiger partial charge in [-0.05, 0) is 42.8 Å². The van der Waals surface area contributed by atoms with Crippen molar-refractivity contribution in [3.05, 3.63) is 76.9 Å². The molecule has 0 radical (unpaired) electrons. The van der Waals surface area contributed by atoms with Crippen LogP contribution in [0, 0.1) is 0 Å². The Morgan fingerprint density at radius 3 is 2.59 bits per heavy atom. The third kappa shape index (κ3) is 5.52. The number of halogens is 1. The highest BCUT2D eigenvalue weighted by atomic mass is 35.5. The number of pyridine rings is 1. The fourth-order valence-corrected chi connectivity index (χ4v) is 2.70. The van der Waals surface area contributed by atoms with Crippen LogP contribution in [0.3, 0.4) is 0 Å². The molecule has 0 fully saturated rings. The molecule has 3 rings (SSSR count). The van der Waals surface area contributed by atoms with Gasteiger partial charge in [0.1, 0.15) is 5.15 Å². The van der Waals surface area contributed by atoms with Crippen LogP contribution in [-0.4, -0.2) is 29.0 Å². The first kappa shape index (κ1) is 20.3. The third-order valence-electron chi connectivity index (χ3n) is 4.08. The minimum Gasteiger partial charge on any atom is -0.449 e. The maximum Gasteiger partial charge on any atom is 0.338 e. The molecule has 148 valence electrons. The zero-order valence-electron chi connectivity index (χ0n) is 15.5. The number of nitrogens with zero attached hydrogens (tertiary/aromatic N) is 1.